The number of aromatic carboxylic acids is 1. The van der Waals surface area contributed by atoms with Crippen molar-refractivity contribution in [2.75, 3.05) is 11.4 Å². The van der Waals surface area contributed by atoms with Gasteiger partial charge in [0.05, 0.1) is 0 Å². The molecule has 0 aliphatic carbocycles. The number of para-hydroxylation sites is 1. The molecule has 0 spiro atoms. The van der Waals surface area contributed by atoms with Gasteiger partial charge >= 0.3 is 5.97 Å². The van der Waals surface area contributed by atoms with E-state index in [2.05, 4.69) is 5.10 Å². The van der Waals surface area contributed by atoms with Gasteiger partial charge in [0.15, 0.2) is 5.69 Å². The van der Waals surface area contributed by atoms with Crippen LogP contribution in [0.4, 0.5) is 5.69 Å². The molecule has 0 saturated heterocycles. The molecule has 6 heteroatoms. The third kappa shape index (κ3) is 2.29. The van der Waals surface area contributed by atoms with Gasteiger partial charge < -0.3 is 10.0 Å². The first-order valence-electron chi connectivity index (χ1n) is 6.75. The third-order valence-corrected chi connectivity index (χ3v) is 3.67. The Morgan fingerprint density at radius 2 is 2.05 bits per heavy atom. The van der Waals surface area contributed by atoms with Crippen LogP contribution in [0.2, 0.25) is 0 Å². The highest BCUT2D eigenvalue weighted by Gasteiger charge is 2.26. The molecular formula is C15H15N3O3. The number of carboxylic acids is 1. The maximum atomic E-state index is 12.6. The van der Waals surface area contributed by atoms with Gasteiger partial charge in [-0.25, -0.2) is 4.79 Å². The highest BCUT2D eigenvalue weighted by molar-refractivity contribution is 6.06. The monoisotopic (exact) mass is 285 g/mol. The molecule has 108 valence electrons. The number of benzene rings is 1. The second-order valence-electron chi connectivity index (χ2n) is 5.03. The maximum Gasteiger partial charge on any atom is 0.354 e. The molecule has 0 fully saturated rings. The van der Waals surface area contributed by atoms with Crippen LogP contribution in [0.25, 0.3) is 0 Å². The first kappa shape index (κ1) is 13.4. The van der Waals surface area contributed by atoms with E-state index in [-0.39, 0.29) is 17.3 Å². The minimum absolute atomic E-state index is 0.00337. The molecule has 6 nitrogen and oxygen atoms in total. The number of nitrogens with zero attached hydrogens (tertiary/aromatic N) is 3. The van der Waals surface area contributed by atoms with E-state index >= 15 is 0 Å². The second kappa shape index (κ2) is 5.05. The first-order chi connectivity index (χ1) is 10.1. The summed E-state index contributed by atoms with van der Waals surface area (Å²) in [6.07, 6.45) is 1.84. The van der Waals surface area contributed by atoms with E-state index in [0.717, 1.165) is 24.1 Å². The maximum absolute atomic E-state index is 12.6. The van der Waals surface area contributed by atoms with Crippen LogP contribution in [0.15, 0.2) is 30.3 Å². The Balaban J connectivity index is 1.97. The van der Waals surface area contributed by atoms with Gasteiger partial charge in [-0.2, -0.15) is 5.10 Å². The van der Waals surface area contributed by atoms with Crippen LogP contribution in [0.3, 0.4) is 0 Å². The minimum Gasteiger partial charge on any atom is -0.477 e. The zero-order valence-corrected chi connectivity index (χ0v) is 11.6. The molecule has 2 heterocycles. The van der Waals surface area contributed by atoms with E-state index in [9.17, 15) is 9.59 Å². The lowest BCUT2D eigenvalue weighted by molar-refractivity contribution is 0.0685. The number of rotatable bonds is 2. The van der Waals surface area contributed by atoms with Gasteiger partial charge in [-0.15, -0.1) is 0 Å². The topological polar surface area (TPSA) is 75.4 Å². The largest absolute Gasteiger partial charge is 0.477 e. The smallest absolute Gasteiger partial charge is 0.354 e. The van der Waals surface area contributed by atoms with Crippen molar-refractivity contribution in [1.82, 2.24) is 9.78 Å². The summed E-state index contributed by atoms with van der Waals surface area (Å²) in [5.74, 6) is -1.35. The molecular weight excluding hydrogens is 270 g/mol. The predicted molar refractivity (Wildman–Crippen MR) is 76.6 cm³/mol. The molecule has 1 aromatic heterocycles. The molecule has 2 aromatic rings. The highest BCUT2D eigenvalue weighted by atomic mass is 16.4. The Morgan fingerprint density at radius 3 is 2.76 bits per heavy atom. The van der Waals surface area contributed by atoms with Crippen molar-refractivity contribution < 1.29 is 14.7 Å². The fourth-order valence-electron chi connectivity index (χ4n) is 2.65. The van der Waals surface area contributed by atoms with Crippen LogP contribution in [-0.2, 0) is 13.5 Å². The SMILES string of the molecule is Cn1nc(C(=O)N2CCCc3ccccc32)cc1C(=O)O. The summed E-state index contributed by atoms with van der Waals surface area (Å²) in [6.45, 7) is 0.620. The number of aryl methyl sites for hydroxylation is 2. The number of amides is 1. The Hall–Kier alpha value is -2.63. The average molecular weight is 285 g/mol. The van der Waals surface area contributed by atoms with Crippen LogP contribution >= 0.6 is 0 Å². The first-order valence-corrected chi connectivity index (χ1v) is 6.75. The number of anilines is 1. The number of hydrogen-bond acceptors (Lipinski definition) is 3. The molecule has 0 atom stereocenters. The van der Waals surface area contributed by atoms with Gasteiger partial charge in [0, 0.05) is 25.3 Å². The van der Waals surface area contributed by atoms with E-state index in [1.54, 1.807) is 4.90 Å². The second-order valence-corrected chi connectivity index (χ2v) is 5.03. The molecule has 1 amide bonds. The molecule has 21 heavy (non-hydrogen) atoms. The number of aromatic nitrogens is 2. The molecule has 1 aliphatic heterocycles. The fraction of sp³-hybridized carbons (Fsp3) is 0.267. The summed E-state index contributed by atoms with van der Waals surface area (Å²) in [5.41, 5.74) is 2.18. The highest BCUT2D eigenvalue weighted by Crippen LogP contribution is 2.27. The van der Waals surface area contributed by atoms with E-state index in [0.29, 0.717) is 6.54 Å². The van der Waals surface area contributed by atoms with Crippen molar-refractivity contribution in [3.8, 4) is 0 Å². The minimum atomic E-state index is -1.09. The molecule has 0 saturated carbocycles. The fourth-order valence-corrected chi connectivity index (χ4v) is 2.65. The summed E-state index contributed by atoms with van der Waals surface area (Å²) in [5, 5.41) is 13.1. The van der Waals surface area contributed by atoms with Crippen molar-refractivity contribution in [2.24, 2.45) is 7.05 Å². The van der Waals surface area contributed by atoms with E-state index < -0.39 is 5.97 Å². The van der Waals surface area contributed by atoms with Crippen LogP contribution in [0.1, 0.15) is 33.0 Å². The lowest BCUT2D eigenvalue weighted by atomic mass is 10.0. The summed E-state index contributed by atoms with van der Waals surface area (Å²) in [7, 11) is 1.52. The summed E-state index contributed by atoms with van der Waals surface area (Å²) in [4.78, 5) is 25.3. The van der Waals surface area contributed by atoms with Gasteiger partial charge in [0.25, 0.3) is 5.91 Å². The Kier molecular flexibility index (Phi) is 3.21. The number of carbonyl (C=O) groups excluding carboxylic acids is 1. The van der Waals surface area contributed by atoms with Gasteiger partial charge in [0.2, 0.25) is 0 Å². The lowest BCUT2D eigenvalue weighted by Gasteiger charge is -2.28. The lowest BCUT2D eigenvalue weighted by Crippen LogP contribution is -2.35. The van der Waals surface area contributed by atoms with E-state index in [4.69, 9.17) is 5.11 Å². The number of hydrogen-bond donors (Lipinski definition) is 1. The molecule has 0 radical (unpaired) electrons. The van der Waals surface area contributed by atoms with Crippen LogP contribution in [-0.4, -0.2) is 33.3 Å². The van der Waals surface area contributed by atoms with E-state index in [1.165, 1.54) is 17.8 Å². The van der Waals surface area contributed by atoms with Crippen molar-refractivity contribution in [1.29, 1.82) is 0 Å². The Bertz CT molecular complexity index is 721. The zero-order valence-electron chi connectivity index (χ0n) is 11.6. The average Bonchev–Trinajstić information content (AvgIpc) is 2.88. The standard InChI is InChI=1S/C15H15N3O3/c1-17-13(15(20)21)9-11(16-17)14(19)18-8-4-6-10-5-2-3-7-12(10)18/h2-3,5,7,9H,4,6,8H2,1H3,(H,20,21). The summed E-state index contributed by atoms with van der Waals surface area (Å²) < 4.78 is 1.21. The molecule has 1 N–H and O–H groups in total. The number of carboxylic acid groups (broad SMARTS) is 1. The quantitative estimate of drug-likeness (QED) is 0.911. The van der Waals surface area contributed by atoms with E-state index in [1.807, 2.05) is 24.3 Å². The Labute approximate surface area is 121 Å². The summed E-state index contributed by atoms with van der Waals surface area (Å²) in [6, 6.07) is 9.09. The number of carbonyl (C=O) groups is 2. The van der Waals surface area contributed by atoms with Crippen LogP contribution in [0.5, 0.6) is 0 Å². The molecule has 0 bridgehead atoms. The van der Waals surface area contributed by atoms with Gasteiger partial charge in [0.1, 0.15) is 5.69 Å². The predicted octanol–water partition coefficient (Wildman–Crippen LogP) is 1.71. The van der Waals surface area contributed by atoms with Gasteiger partial charge in [-0.3, -0.25) is 9.48 Å². The number of fused-ring (bicyclic) bond motifs is 1. The van der Waals surface area contributed by atoms with Crippen LogP contribution in [0, 0.1) is 0 Å². The normalized spacial score (nSPS) is 13.9. The van der Waals surface area contributed by atoms with Crippen molar-refractivity contribution in [3.63, 3.8) is 0 Å². The van der Waals surface area contributed by atoms with Crippen molar-refractivity contribution in [3.05, 3.63) is 47.3 Å². The Morgan fingerprint density at radius 1 is 1.29 bits per heavy atom. The van der Waals surface area contributed by atoms with Gasteiger partial charge in [-0.05, 0) is 24.5 Å². The molecule has 1 aromatic carbocycles. The van der Waals surface area contributed by atoms with Gasteiger partial charge in [-0.1, -0.05) is 18.2 Å². The molecule has 0 unspecified atom stereocenters. The molecule has 1 aliphatic rings. The third-order valence-electron chi connectivity index (χ3n) is 3.67. The van der Waals surface area contributed by atoms with Crippen LogP contribution < -0.4 is 4.90 Å². The van der Waals surface area contributed by atoms with Crippen molar-refractivity contribution in [2.45, 2.75) is 12.8 Å². The zero-order chi connectivity index (χ0) is 15.0. The summed E-state index contributed by atoms with van der Waals surface area (Å²) >= 11 is 0. The van der Waals surface area contributed by atoms with Crippen molar-refractivity contribution >= 4 is 17.6 Å². The molecule has 3 rings (SSSR count).